The summed E-state index contributed by atoms with van der Waals surface area (Å²) >= 11 is 0. The van der Waals surface area contributed by atoms with Crippen molar-refractivity contribution >= 4 is 38.6 Å². The fourth-order valence-corrected chi connectivity index (χ4v) is 10.6. The number of fused-ring (bicyclic) bond motifs is 5. The summed E-state index contributed by atoms with van der Waals surface area (Å²) in [6.45, 7) is 0. The van der Waals surface area contributed by atoms with Crippen LogP contribution in [0.5, 0.6) is 0 Å². The Morgan fingerprint density at radius 1 is 0.281 bits per heavy atom. The number of hydrogen-bond acceptors (Lipinski definition) is 1. The molecule has 0 radical (unpaired) electrons. The van der Waals surface area contributed by atoms with E-state index < -0.39 is 5.41 Å². The Balaban J connectivity index is 1.20. The Labute approximate surface area is 374 Å². The summed E-state index contributed by atoms with van der Waals surface area (Å²) in [5.74, 6) is 0. The van der Waals surface area contributed by atoms with Crippen molar-refractivity contribution < 1.29 is 0 Å². The highest BCUT2D eigenvalue weighted by Crippen LogP contribution is 2.59. The van der Waals surface area contributed by atoms with E-state index in [0.717, 1.165) is 22.6 Å². The molecule has 1 heteroatoms. The summed E-state index contributed by atoms with van der Waals surface area (Å²) in [4.78, 5) is 2.54. The van der Waals surface area contributed by atoms with Crippen molar-refractivity contribution in [2.75, 3.05) is 4.90 Å². The Morgan fingerprint density at radius 3 is 1.53 bits per heavy atom. The number of nitrogens with zero attached hydrogens (tertiary/aromatic N) is 1. The van der Waals surface area contributed by atoms with Crippen LogP contribution >= 0.6 is 0 Å². The molecule has 0 saturated carbocycles. The standard InChI is InChI=1S/C63H43N/c1-3-19-44(20-4-1)46-39-41-51(42-40-46)64(60-35-16-15-34-59(60)63(50-25-5-2-6-26-50)57-32-13-11-28-54(57)55-29-12-14-33-58(55)63)61-36-18-31-56(53-30-17-24-47-22-9-10-27-52(47)53)62(61)49-38-37-45-21-7-8-23-48(45)43-49/h1-43H. The zero-order chi connectivity index (χ0) is 42.5. The summed E-state index contributed by atoms with van der Waals surface area (Å²) in [6.07, 6.45) is 0. The predicted molar refractivity (Wildman–Crippen MR) is 270 cm³/mol. The minimum absolute atomic E-state index is 0.621. The molecule has 12 rings (SSSR count). The summed E-state index contributed by atoms with van der Waals surface area (Å²) in [5.41, 5.74) is 17.3. The molecular weight excluding hydrogens is 771 g/mol. The van der Waals surface area contributed by atoms with Crippen molar-refractivity contribution in [3.63, 3.8) is 0 Å². The van der Waals surface area contributed by atoms with Gasteiger partial charge in [-0.25, -0.2) is 0 Å². The predicted octanol–water partition coefficient (Wildman–Crippen LogP) is 16.8. The van der Waals surface area contributed by atoms with E-state index in [-0.39, 0.29) is 0 Å². The number of hydrogen-bond donors (Lipinski definition) is 0. The molecule has 64 heavy (non-hydrogen) atoms. The van der Waals surface area contributed by atoms with E-state index in [1.54, 1.807) is 0 Å². The van der Waals surface area contributed by atoms with E-state index in [9.17, 15) is 0 Å². The zero-order valence-corrected chi connectivity index (χ0v) is 35.3. The minimum atomic E-state index is -0.621. The second-order valence-corrected chi connectivity index (χ2v) is 16.8. The van der Waals surface area contributed by atoms with Crippen LogP contribution in [0.25, 0.3) is 66.1 Å². The molecule has 0 heterocycles. The zero-order valence-electron chi connectivity index (χ0n) is 35.3. The van der Waals surface area contributed by atoms with E-state index in [4.69, 9.17) is 0 Å². The highest BCUT2D eigenvalue weighted by molar-refractivity contribution is 6.06. The van der Waals surface area contributed by atoms with Crippen LogP contribution in [0.15, 0.2) is 261 Å². The maximum atomic E-state index is 2.54. The molecule has 0 fully saturated rings. The van der Waals surface area contributed by atoms with Gasteiger partial charge < -0.3 is 4.90 Å². The topological polar surface area (TPSA) is 3.24 Å². The molecule has 0 aromatic heterocycles. The van der Waals surface area contributed by atoms with Gasteiger partial charge in [0.1, 0.15) is 0 Å². The van der Waals surface area contributed by atoms with Crippen LogP contribution in [0.4, 0.5) is 17.1 Å². The molecule has 0 saturated heterocycles. The molecule has 0 amide bonds. The van der Waals surface area contributed by atoms with Crippen LogP contribution in [0.1, 0.15) is 22.3 Å². The molecule has 0 atom stereocenters. The summed E-state index contributed by atoms with van der Waals surface area (Å²) in [6, 6.07) is 96.2. The third-order valence-corrected chi connectivity index (χ3v) is 13.3. The van der Waals surface area contributed by atoms with E-state index in [1.807, 2.05) is 0 Å². The monoisotopic (exact) mass is 813 g/mol. The Bertz CT molecular complexity index is 3440. The molecule has 11 aromatic rings. The fourth-order valence-electron chi connectivity index (χ4n) is 10.6. The van der Waals surface area contributed by atoms with Crippen LogP contribution in [0.3, 0.4) is 0 Å². The van der Waals surface area contributed by atoms with E-state index in [1.165, 1.54) is 82.7 Å². The first kappa shape index (κ1) is 37.5. The molecule has 0 bridgehead atoms. The van der Waals surface area contributed by atoms with Crippen molar-refractivity contribution in [1.82, 2.24) is 0 Å². The first-order chi connectivity index (χ1) is 31.8. The van der Waals surface area contributed by atoms with Gasteiger partial charge in [0.15, 0.2) is 0 Å². The Kier molecular flexibility index (Phi) is 9.13. The van der Waals surface area contributed by atoms with Gasteiger partial charge in [0.05, 0.1) is 16.8 Å². The van der Waals surface area contributed by atoms with Crippen LogP contribution < -0.4 is 4.90 Å². The van der Waals surface area contributed by atoms with Gasteiger partial charge in [-0.3, -0.25) is 0 Å². The second kappa shape index (κ2) is 15.6. The molecule has 0 aliphatic heterocycles. The number of para-hydroxylation sites is 1. The highest BCUT2D eigenvalue weighted by atomic mass is 15.1. The fraction of sp³-hybridized carbons (Fsp3) is 0.0159. The van der Waals surface area contributed by atoms with Gasteiger partial charge in [-0.15, -0.1) is 0 Å². The smallest absolute Gasteiger partial charge is 0.0733 e. The number of rotatable bonds is 8. The largest absolute Gasteiger partial charge is 0.310 e. The van der Waals surface area contributed by atoms with E-state index >= 15 is 0 Å². The van der Waals surface area contributed by atoms with Crippen LogP contribution in [-0.4, -0.2) is 0 Å². The maximum Gasteiger partial charge on any atom is 0.0733 e. The SMILES string of the molecule is c1ccc(-c2ccc(N(c3ccccc3C3(c4ccccc4)c4ccccc4-c4ccccc43)c3cccc(-c4cccc5ccccc45)c3-c3ccc4ccccc4c3)cc2)cc1. The first-order valence-electron chi connectivity index (χ1n) is 22.2. The van der Waals surface area contributed by atoms with Gasteiger partial charge >= 0.3 is 0 Å². The van der Waals surface area contributed by atoms with Gasteiger partial charge in [-0.2, -0.15) is 0 Å². The van der Waals surface area contributed by atoms with Crippen LogP contribution in [0.2, 0.25) is 0 Å². The number of anilines is 3. The maximum absolute atomic E-state index is 2.54. The third-order valence-electron chi connectivity index (χ3n) is 13.3. The van der Waals surface area contributed by atoms with Crippen molar-refractivity contribution in [1.29, 1.82) is 0 Å². The third kappa shape index (κ3) is 6.01. The summed E-state index contributed by atoms with van der Waals surface area (Å²) < 4.78 is 0. The van der Waals surface area contributed by atoms with Crippen molar-refractivity contribution in [3.8, 4) is 44.5 Å². The average molecular weight is 814 g/mol. The van der Waals surface area contributed by atoms with Gasteiger partial charge in [-0.05, 0) is 113 Å². The molecule has 1 nitrogen and oxygen atoms in total. The lowest BCUT2D eigenvalue weighted by molar-refractivity contribution is 0.768. The lowest BCUT2D eigenvalue weighted by atomic mass is 9.67. The summed E-state index contributed by atoms with van der Waals surface area (Å²) in [7, 11) is 0. The van der Waals surface area contributed by atoms with Gasteiger partial charge in [-0.1, -0.05) is 231 Å². The normalized spacial score (nSPS) is 12.5. The Morgan fingerprint density at radius 2 is 0.781 bits per heavy atom. The molecule has 0 N–H and O–H groups in total. The molecular formula is C63H43N. The number of benzene rings is 11. The first-order valence-corrected chi connectivity index (χ1v) is 22.2. The van der Waals surface area contributed by atoms with E-state index in [0.29, 0.717) is 0 Å². The summed E-state index contributed by atoms with van der Waals surface area (Å²) in [5, 5.41) is 4.88. The van der Waals surface area contributed by atoms with Crippen LogP contribution in [0, 0.1) is 0 Å². The van der Waals surface area contributed by atoms with E-state index in [2.05, 4.69) is 266 Å². The van der Waals surface area contributed by atoms with Crippen molar-refractivity contribution in [2.24, 2.45) is 0 Å². The quantitative estimate of drug-likeness (QED) is 0.148. The van der Waals surface area contributed by atoms with Gasteiger partial charge in [0, 0.05) is 11.3 Å². The van der Waals surface area contributed by atoms with Gasteiger partial charge in [0.2, 0.25) is 0 Å². The molecule has 0 spiro atoms. The molecule has 11 aromatic carbocycles. The minimum Gasteiger partial charge on any atom is -0.310 e. The molecule has 1 aliphatic carbocycles. The molecule has 300 valence electrons. The van der Waals surface area contributed by atoms with Gasteiger partial charge in [0.25, 0.3) is 0 Å². The Hall–Kier alpha value is -8.26. The van der Waals surface area contributed by atoms with Crippen molar-refractivity contribution in [2.45, 2.75) is 5.41 Å². The van der Waals surface area contributed by atoms with Crippen LogP contribution in [-0.2, 0) is 5.41 Å². The molecule has 1 aliphatic rings. The van der Waals surface area contributed by atoms with Crippen molar-refractivity contribution in [3.05, 3.63) is 283 Å². The second-order valence-electron chi connectivity index (χ2n) is 16.8. The lowest BCUT2D eigenvalue weighted by Crippen LogP contribution is -2.30. The average Bonchev–Trinajstić information content (AvgIpc) is 3.68. The molecule has 0 unspecified atom stereocenters. The highest BCUT2D eigenvalue weighted by Gasteiger charge is 2.47. The lowest BCUT2D eigenvalue weighted by Gasteiger charge is -2.39.